The molecule has 1 atom stereocenters. The standard InChI is InChI=1S/C12H14O4/c1-4-9-8-5-7(14-2)6-10(15-3)11(8)12(13)16-9/h5-6,9H,4H2,1-3H3/t9-/m1/s1. The number of rotatable bonds is 3. The number of benzene rings is 1. The summed E-state index contributed by atoms with van der Waals surface area (Å²) in [6.07, 6.45) is 0.557. The van der Waals surface area contributed by atoms with Crippen molar-refractivity contribution in [3.05, 3.63) is 23.3 Å². The van der Waals surface area contributed by atoms with Crippen LogP contribution in [-0.2, 0) is 4.74 Å². The van der Waals surface area contributed by atoms with Crippen molar-refractivity contribution in [2.45, 2.75) is 19.4 Å². The second-order valence-corrected chi connectivity index (χ2v) is 3.60. The van der Waals surface area contributed by atoms with Crippen molar-refractivity contribution >= 4 is 5.97 Å². The van der Waals surface area contributed by atoms with Crippen molar-refractivity contribution in [3.8, 4) is 11.5 Å². The van der Waals surface area contributed by atoms with E-state index in [0.29, 0.717) is 17.1 Å². The Bertz CT molecular complexity index is 425. The van der Waals surface area contributed by atoms with Gasteiger partial charge < -0.3 is 14.2 Å². The maximum absolute atomic E-state index is 11.7. The van der Waals surface area contributed by atoms with Gasteiger partial charge >= 0.3 is 5.97 Å². The van der Waals surface area contributed by atoms with Gasteiger partial charge in [-0.1, -0.05) is 6.92 Å². The SMILES string of the molecule is CC[C@H]1OC(=O)c2c(OC)cc(OC)cc21. The minimum atomic E-state index is -0.318. The van der Waals surface area contributed by atoms with Crippen LogP contribution in [0.5, 0.6) is 11.5 Å². The van der Waals surface area contributed by atoms with Gasteiger partial charge in [-0.25, -0.2) is 4.79 Å². The quantitative estimate of drug-likeness (QED) is 0.736. The van der Waals surface area contributed by atoms with Gasteiger partial charge in [0.15, 0.2) is 0 Å². The summed E-state index contributed by atoms with van der Waals surface area (Å²) in [6, 6.07) is 3.52. The van der Waals surface area contributed by atoms with E-state index >= 15 is 0 Å². The minimum Gasteiger partial charge on any atom is -0.497 e. The van der Waals surface area contributed by atoms with Crippen LogP contribution >= 0.6 is 0 Å². The third kappa shape index (κ3) is 1.50. The molecule has 1 aliphatic heterocycles. The predicted octanol–water partition coefficient (Wildman–Crippen LogP) is 2.33. The van der Waals surface area contributed by atoms with Crippen LogP contribution in [0.3, 0.4) is 0 Å². The number of ether oxygens (including phenoxy) is 3. The van der Waals surface area contributed by atoms with Crippen molar-refractivity contribution < 1.29 is 19.0 Å². The van der Waals surface area contributed by atoms with E-state index in [1.807, 2.05) is 13.0 Å². The summed E-state index contributed by atoms with van der Waals surface area (Å²) in [4.78, 5) is 11.7. The van der Waals surface area contributed by atoms with Gasteiger partial charge in [-0.3, -0.25) is 0 Å². The highest BCUT2D eigenvalue weighted by molar-refractivity contribution is 5.97. The molecule has 1 aromatic carbocycles. The molecule has 86 valence electrons. The van der Waals surface area contributed by atoms with Gasteiger partial charge in [-0.2, -0.15) is 0 Å². The minimum absolute atomic E-state index is 0.188. The average Bonchev–Trinajstić information content (AvgIpc) is 2.65. The molecule has 0 saturated heterocycles. The smallest absolute Gasteiger partial charge is 0.342 e. The van der Waals surface area contributed by atoms with Gasteiger partial charge in [0.25, 0.3) is 0 Å². The van der Waals surface area contributed by atoms with E-state index < -0.39 is 0 Å². The second kappa shape index (κ2) is 4.04. The van der Waals surface area contributed by atoms with Crippen LogP contribution < -0.4 is 9.47 Å². The van der Waals surface area contributed by atoms with Crippen molar-refractivity contribution in [2.75, 3.05) is 14.2 Å². The third-order valence-electron chi connectivity index (χ3n) is 2.73. The van der Waals surface area contributed by atoms with E-state index in [4.69, 9.17) is 14.2 Å². The summed E-state index contributed by atoms with van der Waals surface area (Å²) < 4.78 is 15.6. The molecule has 4 heteroatoms. The van der Waals surface area contributed by atoms with Crippen LogP contribution in [0.15, 0.2) is 12.1 Å². The van der Waals surface area contributed by atoms with Crippen molar-refractivity contribution in [2.24, 2.45) is 0 Å². The van der Waals surface area contributed by atoms with Crippen molar-refractivity contribution in [1.82, 2.24) is 0 Å². The maximum Gasteiger partial charge on any atom is 0.342 e. The summed E-state index contributed by atoms with van der Waals surface area (Å²) >= 11 is 0. The molecular weight excluding hydrogens is 208 g/mol. The fraction of sp³-hybridized carbons (Fsp3) is 0.417. The normalized spacial score (nSPS) is 17.9. The molecule has 4 nitrogen and oxygen atoms in total. The Kier molecular flexibility index (Phi) is 2.73. The molecule has 0 saturated carbocycles. The zero-order valence-corrected chi connectivity index (χ0v) is 9.57. The Labute approximate surface area is 94.1 Å². The molecule has 1 aromatic rings. The number of esters is 1. The monoisotopic (exact) mass is 222 g/mol. The number of methoxy groups -OCH3 is 2. The molecule has 0 aliphatic carbocycles. The first-order valence-corrected chi connectivity index (χ1v) is 5.18. The molecule has 0 radical (unpaired) electrons. The zero-order chi connectivity index (χ0) is 11.7. The van der Waals surface area contributed by atoms with Crippen molar-refractivity contribution in [3.63, 3.8) is 0 Å². The fourth-order valence-electron chi connectivity index (χ4n) is 1.92. The van der Waals surface area contributed by atoms with E-state index in [-0.39, 0.29) is 12.1 Å². The van der Waals surface area contributed by atoms with E-state index in [0.717, 1.165) is 12.0 Å². The molecule has 0 spiro atoms. The number of carbonyl (C=O) groups excluding carboxylic acids is 1. The number of fused-ring (bicyclic) bond motifs is 1. The highest BCUT2D eigenvalue weighted by Gasteiger charge is 2.33. The van der Waals surface area contributed by atoms with Crippen LogP contribution in [0.25, 0.3) is 0 Å². The second-order valence-electron chi connectivity index (χ2n) is 3.60. The molecular formula is C12H14O4. The summed E-state index contributed by atoms with van der Waals surface area (Å²) in [6.45, 7) is 1.97. The Hall–Kier alpha value is -1.71. The Balaban J connectivity index is 2.59. The highest BCUT2D eigenvalue weighted by Crippen LogP contribution is 2.40. The van der Waals surface area contributed by atoms with Crippen LogP contribution in [-0.4, -0.2) is 20.2 Å². The van der Waals surface area contributed by atoms with Gasteiger partial charge in [0.1, 0.15) is 23.2 Å². The number of cyclic esters (lactones) is 1. The summed E-state index contributed by atoms with van der Waals surface area (Å²) in [5.41, 5.74) is 1.37. The van der Waals surface area contributed by atoms with E-state index in [1.165, 1.54) is 7.11 Å². The molecule has 0 unspecified atom stereocenters. The van der Waals surface area contributed by atoms with E-state index in [9.17, 15) is 4.79 Å². The average molecular weight is 222 g/mol. The number of carbonyl (C=O) groups is 1. The largest absolute Gasteiger partial charge is 0.497 e. The van der Waals surface area contributed by atoms with Crippen LogP contribution in [0.4, 0.5) is 0 Å². The molecule has 16 heavy (non-hydrogen) atoms. The molecule has 0 bridgehead atoms. The molecule has 0 N–H and O–H groups in total. The van der Waals surface area contributed by atoms with Crippen LogP contribution in [0.1, 0.15) is 35.4 Å². The van der Waals surface area contributed by atoms with Gasteiger partial charge in [-0.05, 0) is 12.5 Å². The molecule has 1 heterocycles. The van der Waals surface area contributed by atoms with Gasteiger partial charge in [0.2, 0.25) is 0 Å². The fourth-order valence-corrected chi connectivity index (χ4v) is 1.92. The molecule has 2 rings (SSSR count). The van der Waals surface area contributed by atoms with Crippen LogP contribution in [0.2, 0.25) is 0 Å². The van der Waals surface area contributed by atoms with Crippen molar-refractivity contribution in [1.29, 1.82) is 0 Å². The topological polar surface area (TPSA) is 44.8 Å². The first-order chi connectivity index (χ1) is 7.71. The molecule has 0 aromatic heterocycles. The predicted molar refractivity (Wildman–Crippen MR) is 58.0 cm³/mol. The molecule has 1 aliphatic rings. The number of hydrogen-bond acceptors (Lipinski definition) is 4. The lowest BCUT2D eigenvalue weighted by atomic mass is 10.0. The molecule has 0 fully saturated rings. The summed E-state index contributed by atoms with van der Waals surface area (Å²) in [5.74, 6) is 0.865. The lowest BCUT2D eigenvalue weighted by molar-refractivity contribution is 0.0377. The van der Waals surface area contributed by atoms with E-state index in [2.05, 4.69) is 0 Å². The van der Waals surface area contributed by atoms with Gasteiger partial charge in [-0.15, -0.1) is 0 Å². The lowest BCUT2D eigenvalue weighted by Gasteiger charge is -2.10. The first-order valence-electron chi connectivity index (χ1n) is 5.18. The van der Waals surface area contributed by atoms with Crippen LogP contribution in [0, 0.1) is 0 Å². The maximum atomic E-state index is 11.7. The Morgan fingerprint density at radius 2 is 2.06 bits per heavy atom. The number of hydrogen-bond donors (Lipinski definition) is 0. The zero-order valence-electron chi connectivity index (χ0n) is 9.57. The van der Waals surface area contributed by atoms with Gasteiger partial charge in [0.05, 0.1) is 14.2 Å². The first kappa shape index (κ1) is 10.8. The van der Waals surface area contributed by atoms with E-state index in [1.54, 1.807) is 13.2 Å². The summed E-state index contributed by atoms with van der Waals surface area (Å²) in [5, 5.41) is 0. The highest BCUT2D eigenvalue weighted by atomic mass is 16.6. The lowest BCUT2D eigenvalue weighted by Crippen LogP contribution is -1.99. The van der Waals surface area contributed by atoms with Gasteiger partial charge in [0, 0.05) is 11.6 Å². The summed E-state index contributed by atoms with van der Waals surface area (Å²) in [7, 11) is 3.11. The Morgan fingerprint density at radius 3 is 2.62 bits per heavy atom. The Morgan fingerprint density at radius 1 is 1.31 bits per heavy atom. The molecule has 0 amide bonds. The third-order valence-corrected chi connectivity index (χ3v) is 2.73.